The Kier molecular flexibility index (Phi) is 5.92. The Balaban J connectivity index is 1.99. The van der Waals surface area contributed by atoms with Crippen LogP contribution in [0.5, 0.6) is 0 Å². The van der Waals surface area contributed by atoms with E-state index >= 15 is 0 Å². The number of benzene rings is 1. The summed E-state index contributed by atoms with van der Waals surface area (Å²) >= 11 is 0. The number of hydrogen-bond acceptors (Lipinski definition) is 4. The summed E-state index contributed by atoms with van der Waals surface area (Å²) in [6.45, 7) is 1.90. The van der Waals surface area contributed by atoms with Gasteiger partial charge in [0.05, 0.1) is 23.1 Å². The van der Waals surface area contributed by atoms with E-state index in [1.54, 1.807) is 12.1 Å². The fourth-order valence-corrected chi connectivity index (χ4v) is 2.92. The summed E-state index contributed by atoms with van der Waals surface area (Å²) in [6, 6.07) is 5.38. The lowest BCUT2D eigenvalue weighted by Gasteiger charge is -2.29. The maximum atomic E-state index is 12.2. The summed E-state index contributed by atoms with van der Waals surface area (Å²) in [7, 11) is 0. The monoisotopic (exact) mass is 321 g/mol. The minimum Gasteiger partial charge on any atom is -0.391 e. The summed E-state index contributed by atoms with van der Waals surface area (Å²) in [5, 5.41) is 26.4. The molecule has 1 aliphatic carbocycles. The van der Waals surface area contributed by atoms with Gasteiger partial charge in [0.2, 0.25) is 0 Å². The highest BCUT2D eigenvalue weighted by molar-refractivity contribution is 5.75. The van der Waals surface area contributed by atoms with Gasteiger partial charge in [0.25, 0.3) is 5.69 Å². The van der Waals surface area contributed by atoms with Gasteiger partial charge < -0.3 is 15.7 Å². The lowest BCUT2D eigenvalue weighted by Crippen LogP contribution is -2.49. The molecule has 0 saturated heterocycles. The molecule has 0 radical (unpaired) electrons. The number of aliphatic hydroxyl groups is 1. The number of carbonyl (C=O) groups excluding carboxylic acids is 1. The Labute approximate surface area is 135 Å². The summed E-state index contributed by atoms with van der Waals surface area (Å²) in [5.74, 6) is 0. The number of nitro benzene ring substituents is 1. The Morgan fingerprint density at radius 1 is 1.43 bits per heavy atom. The average molecular weight is 321 g/mol. The maximum Gasteiger partial charge on any atom is 0.315 e. The van der Waals surface area contributed by atoms with Gasteiger partial charge >= 0.3 is 6.03 Å². The van der Waals surface area contributed by atoms with E-state index in [1.807, 2.05) is 6.92 Å². The highest BCUT2D eigenvalue weighted by Crippen LogP contribution is 2.22. The molecule has 1 aliphatic rings. The van der Waals surface area contributed by atoms with Gasteiger partial charge in [0.15, 0.2) is 0 Å². The van der Waals surface area contributed by atoms with E-state index in [0.717, 1.165) is 19.3 Å². The van der Waals surface area contributed by atoms with Gasteiger partial charge in [-0.25, -0.2) is 4.79 Å². The molecule has 7 heteroatoms. The first-order valence-corrected chi connectivity index (χ1v) is 8.00. The third kappa shape index (κ3) is 4.66. The van der Waals surface area contributed by atoms with Crippen LogP contribution in [0.25, 0.3) is 0 Å². The fraction of sp³-hybridized carbons (Fsp3) is 0.562. The Morgan fingerprint density at radius 2 is 2.17 bits per heavy atom. The van der Waals surface area contributed by atoms with E-state index in [9.17, 15) is 20.0 Å². The van der Waals surface area contributed by atoms with Crippen LogP contribution in [-0.4, -0.2) is 28.2 Å². The van der Waals surface area contributed by atoms with Crippen molar-refractivity contribution in [3.63, 3.8) is 0 Å². The van der Waals surface area contributed by atoms with Crippen molar-refractivity contribution in [2.45, 2.75) is 57.2 Å². The van der Waals surface area contributed by atoms with Crippen molar-refractivity contribution in [2.24, 2.45) is 0 Å². The molecule has 0 aromatic heterocycles. The molecule has 0 spiro atoms. The van der Waals surface area contributed by atoms with Crippen molar-refractivity contribution in [1.29, 1.82) is 0 Å². The molecule has 1 aromatic carbocycles. The number of aliphatic hydroxyl groups excluding tert-OH is 1. The molecule has 2 rings (SSSR count). The predicted octanol–water partition coefficient (Wildman–Crippen LogP) is 2.65. The number of carbonyl (C=O) groups is 1. The zero-order valence-electron chi connectivity index (χ0n) is 13.2. The van der Waals surface area contributed by atoms with E-state index in [0.29, 0.717) is 18.4 Å². The zero-order valence-corrected chi connectivity index (χ0v) is 13.2. The Bertz CT molecular complexity index is 564. The van der Waals surface area contributed by atoms with Crippen molar-refractivity contribution in [3.05, 3.63) is 39.9 Å². The molecule has 0 bridgehead atoms. The Morgan fingerprint density at radius 3 is 2.83 bits per heavy atom. The third-order valence-corrected chi connectivity index (χ3v) is 4.24. The maximum absolute atomic E-state index is 12.2. The number of hydrogen-bond donors (Lipinski definition) is 3. The van der Waals surface area contributed by atoms with Crippen molar-refractivity contribution < 1.29 is 14.8 Å². The van der Waals surface area contributed by atoms with Gasteiger partial charge in [-0.15, -0.1) is 0 Å². The summed E-state index contributed by atoms with van der Waals surface area (Å²) in [5.41, 5.74) is 0.701. The van der Waals surface area contributed by atoms with Crippen LogP contribution in [0.1, 0.15) is 50.6 Å². The van der Waals surface area contributed by atoms with Gasteiger partial charge in [-0.2, -0.15) is 0 Å². The first-order chi connectivity index (χ1) is 11.0. The van der Waals surface area contributed by atoms with Crippen molar-refractivity contribution in [2.75, 3.05) is 0 Å². The molecule has 0 heterocycles. The smallest absolute Gasteiger partial charge is 0.315 e. The van der Waals surface area contributed by atoms with E-state index < -0.39 is 11.0 Å². The van der Waals surface area contributed by atoms with Gasteiger partial charge in [-0.3, -0.25) is 10.1 Å². The number of rotatable bonds is 5. The number of nitrogens with zero attached hydrogens (tertiary/aromatic N) is 1. The van der Waals surface area contributed by atoms with Crippen LogP contribution in [-0.2, 0) is 0 Å². The average Bonchev–Trinajstić information content (AvgIpc) is 2.55. The number of nitrogens with one attached hydrogen (secondary N) is 2. The lowest BCUT2D eigenvalue weighted by molar-refractivity contribution is -0.384. The summed E-state index contributed by atoms with van der Waals surface area (Å²) in [6.07, 6.45) is 3.54. The first kappa shape index (κ1) is 17.2. The number of amides is 2. The van der Waals surface area contributed by atoms with Gasteiger partial charge in [-0.05, 0) is 24.8 Å². The first-order valence-electron chi connectivity index (χ1n) is 8.00. The molecular weight excluding hydrogens is 298 g/mol. The normalized spacial score (nSPS) is 22.2. The molecule has 7 nitrogen and oxygen atoms in total. The van der Waals surface area contributed by atoms with Crippen LogP contribution in [0.2, 0.25) is 0 Å². The topological polar surface area (TPSA) is 104 Å². The lowest BCUT2D eigenvalue weighted by atomic mass is 9.93. The minimum absolute atomic E-state index is 0.00543. The van der Waals surface area contributed by atoms with Crippen LogP contribution in [0.3, 0.4) is 0 Å². The molecule has 126 valence electrons. The number of nitro groups is 1. The van der Waals surface area contributed by atoms with Gasteiger partial charge in [0, 0.05) is 12.1 Å². The van der Waals surface area contributed by atoms with Crippen LogP contribution in [0, 0.1) is 10.1 Å². The van der Waals surface area contributed by atoms with Crippen molar-refractivity contribution in [1.82, 2.24) is 10.6 Å². The third-order valence-electron chi connectivity index (χ3n) is 4.24. The quantitative estimate of drug-likeness (QED) is 0.572. The fourth-order valence-electron chi connectivity index (χ4n) is 2.92. The summed E-state index contributed by atoms with van der Waals surface area (Å²) in [4.78, 5) is 22.6. The van der Waals surface area contributed by atoms with E-state index in [-0.39, 0.29) is 23.8 Å². The molecule has 3 N–H and O–H groups in total. The Hall–Kier alpha value is -2.15. The van der Waals surface area contributed by atoms with Gasteiger partial charge in [-0.1, -0.05) is 31.9 Å². The highest BCUT2D eigenvalue weighted by Gasteiger charge is 2.25. The molecule has 3 unspecified atom stereocenters. The van der Waals surface area contributed by atoms with Crippen LogP contribution in [0.15, 0.2) is 24.3 Å². The minimum atomic E-state index is -0.507. The largest absolute Gasteiger partial charge is 0.391 e. The van der Waals surface area contributed by atoms with E-state index in [4.69, 9.17) is 0 Å². The van der Waals surface area contributed by atoms with Crippen LogP contribution >= 0.6 is 0 Å². The SMILES string of the molecule is CCC(NC(=O)NC1CCCCC1O)c1cccc([N+](=O)[O-])c1. The van der Waals surface area contributed by atoms with Crippen molar-refractivity contribution in [3.8, 4) is 0 Å². The molecule has 1 saturated carbocycles. The molecule has 2 amide bonds. The van der Waals surface area contributed by atoms with E-state index in [2.05, 4.69) is 10.6 Å². The number of non-ortho nitro benzene ring substituents is 1. The standard InChI is InChI=1S/C16H23N3O4/c1-2-13(11-6-5-7-12(10-11)19(22)23)17-16(21)18-14-8-3-4-9-15(14)20/h5-7,10,13-15,20H,2-4,8-9H2,1H3,(H2,17,18,21). The van der Waals surface area contributed by atoms with Gasteiger partial charge in [0.1, 0.15) is 0 Å². The number of urea groups is 1. The second kappa shape index (κ2) is 7.92. The molecule has 3 atom stereocenters. The molecule has 23 heavy (non-hydrogen) atoms. The molecule has 1 fully saturated rings. The highest BCUT2D eigenvalue weighted by atomic mass is 16.6. The van der Waals surface area contributed by atoms with Crippen LogP contribution < -0.4 is 10.6 Å². The molecular formula is C16H23N3O4. The zero-order chi connectivity index (χ0) is 16.8. The van der Waals surface area contributed by atoms with Crippen molar-refractivity contribution >= 4 is 11.7 Å². The molecule has 1 aromatic rings. The second-order valence-corrected chi connectivity index (χ2v) is 5.89. The molecule has 0 aliphatic heterocycles. The summed E-state index contributed by atoms with van der Waals surface area (Å²) < 4.78 is 0. The van der Waals surface area contributed by atoms with E-state index in [1.165, 1.54) is 12.1 Å². The predicted molar refractivity (Wildman–Crippen MR) is 86.1 cm³/mol. The second-order valence-electron chi connectivity index (χ2n) is 5.89. The van der Waals surface area contributed by atoms with Crippen LogP contribution in [0.4, 0.5) is 10.5 Å².